The van der Waals surface area contributed by atoms with E-state index in [-0.39, 0.29) is 6.03 Å². The Kier molecular flexibility index (Phi) is 2.99. The van der Waals surface area contributed by atoms with Crippen molar-refractivity contribution < 1.29 is 9.59 Å². The molecule has 0 unspecified atom stereocenters. The summed E-state index contributed by atoms with van der Waals surface area (Å²) in [5, 5.41) is -0.535. The average molecular weight is 201 g/mol. The number of urea groups is 1. The van der Waals surface area contributed by atoms with Crippen LogP contribution in [0.4, 0.5) is 9.59 Å². The molecule has 0 aromatic carbocycles. The molecule has 0 atom stereocenters. The summed E-state index contributed by atoms with van der Waals surface area (Å²) in [6.07, 6.45) is 0. The fourth-order valence-corrected chi connectivity index (χ4v) is 1.29. The van der Waals surface area contributed by atoms with Crippen LogP contribution in [0.1, 0.15) is 0 Å². The molecule has 13 heavy (non-hydrogen) atoms. The molecule has 1 heterocycles. The monoisotopic (exact) mass is 201 g/mol. The highest BCUT2D eigenvalue weighted by molar-refractivity contribution is 8.12. The molecule has 7 nitrogen and oxygen atoms in total. The van der Waals surface area contributed by atoms with E-state index in [1.54, 1.807) is 7.05 Å². The Labute approximate surface area is 78.4 Å². The molecule has 1 fully saturated rings. The topological polar surface area (TPSA) is 89.4 Å². The Morgan fingerprint density at radius 1 is 1.69 bits per heavy atom. The van der Waals surface area contributed by atoms with Gasteiger partial charge in [-0.05, 0) is 10.1 Å². The largest absolute Gasteiger partial charge is 0.327 e. The van der Waals surface area contributed by atoms with Gasteiger partial charge >= 0.3 is 6.03 Å². The molecule has 0 N–H and O–H groups in total. The number of imide groups is 1. The minimum Gasteiger partial charge on any atom is -0.326 e. The zero-order chi connectivity index (χ0) is 9.84. The molecule has 8 heteroatoms. The minimum atomic E-state index is -0.535. The lowest BCUT2D eigenvalue weighted by atomic mass is 10.6. The average Bonchev–Trinajstić information content (AvgIpc) is 2.44. The van der Waals surface area contributed by atoms with Crippen molar-refractivity contribution in [2.75, 3.05) is 20.1 Å². The third-order valence-electron chi connectivity index (χ3n) is 1.59. The number of azide groups is 1. The summed E-state index contributed by atoms with van der Waals surface area (Å²) in [4.78, 5) is 27.2. The van der Waals surface area contributed by atoms with E-state index in [0.29, 0.717) is 25.0 Å². The molecule has 0 bridgehead atoms. The van der Waals surface area contributed by atoms with Gasteiger partial charge in [0.05, 0.1) is 0 Å². The van der Waals surface area contributed by atoms with E-state index < -0.39 is 5.24 Å². The van der Waals surface area contributed by atoms with Gasteiger partial charge in [0, 0.05) is 37.0 Å². The molecule has 70 valence electrons. The SMILES string of the molecule is CN1CCN(C(=O)SN=[N+]=[N-])C1=O. The fourth-order valence-electron chi connectivity index (χ4n) is 0.919. The van der Waals surface area contributed by atoms with E-state index in [9.17, 15) is 9.59 Å². The van der Waals surface area contributed by atoms with E-state index in [2.05, 4.69) is 9.43 Å². The maximum absolute atomic E-state index is 11.2. The molecule has 1 saturated heterocycles. The zero-order valence-corrected chi connectivity index (χ0v) is 7.69. The second kappa shape index (κ2) is 4.01. The molecule has 0 spiro atoms. The lowest BCUT2D eigenvalue weighted by Gasteiger charge is -2.11. The summed E-state index contributed by atoms with van der Waals surface area (Å²) >= 11 is 0.427. The van der Waals surface area contributed by atoms with Crippen LogP contribution in [0.15, 0.2) is 4.52 Å². The van der Waals surface area contributed by atoms with Gasteiger partial charge in [0.15, 0.2) is 0 Å². The van der Waals surface area contributed by atoms with E-state index in [1.807, 2.05) is 0 Å². The van der Waals surface area contributed by atoms with Crippen LogP contribution in [-0.4, -0.2) is 41.2 Å². The molecule has 0 aromatic heterocycles. The number of hydrogen-bond donors (Lipinski definition) is 0. The summed E-state index contributed by atoms with van der Waals surface area (Å²) < 4.78 is 3.01. The van der Waals surface area contributed by atoms with Crippen molar-refractivity contribution in [1.82, 2.24) is 9.80 Å². The second-order valence-electron chi connectivity index (χ2n) is 2.38. The van der Waals surface area contributed by atoms with Crippen LogP contribution < -0.4 is 0 Å². The maximum Gasteiger partial charge on any atom is 0.327 e. The van der Waals surface area contributed by atoms with Crippen molar-refractivity contribution in [3.8, 4) is 0 Å². The molecule has 0 radical (unpaired) electrons. The molecular weight excluding hydrogens is 194 g/mol. The third-order valence-corrected chi connectivity index (χ3v) is 2.12. The smallest absolute Gasteiger partial charge is 0.326 e. The van der Waals surface area contributed by atoms with Crippen LogP contribution in [0.3, 0.4) is 0 Å². The lowest BCUT2D eigenvalue weighted by molar-refractivity contribution is 0.199. The van der Waals surface area contributed by atoms with E-state index in [0.717, 1.165) is 4.90 Å². The van der Waals surface area contributed by atoms with Crippen molar-refractivity contribution in [2.45, 2.75) is 0 Å². The highest BCUT2D eigenvalue weighted by Gasteiger charge is 2.30. The Balaban J connectivity index is 2.58. The standard InChI is InChI=1S/C5H7N5O2S/c1-9-2-3-10(4(9)11)5(12)13-8-7-6/h2-3H2,1H3. The van der Waals surface area contributed by atoms with Gasteiger partial charge in [0.1, 0.15) is 0 Å². The predicted octanol–water partition coefficient (Wildman–Crippen LogP) is 1.43. The van der Waals surface area contributed by atoms with Gasteiger partial charge in [-0.15, -0.1) is 0 Å². The first kappa shape index (κ1) is 9.69. The van der Waals surface area contributed by atoms with Gasteiger partial charge in [-0.25, -0.2) is 4.79 Å². The Bertz CT molecular complexity index is 287. The number of likely N-dealkylation sites (N-methyl/N-ethyl adjacent to an activating group) is 1. The first-order chi connectivity index (χ1) is 6.16. The van der Waals surface area contributed by atoms with E-state index in [4.69, 9.17) is 5.53 Å². The molecular formula is C5H7N5O2S. The first-order valence-corrected chi connectivity index (χ1v) is 4.22. The van der Waals surface area contributed by atoms with Gasteiger partial charge < -0.3 is 4.90 Å². The number of nitrogens with zero attached hydrogens (tertiary/aromatic N) is 5. The van der Waals surface area contributed by atoms with Gasteiger partial charge in [-0.3, -0.25) is 9.69 Å². The number of amides is 3. The van der Waals surface area contributed by atoms with Crippen molar-refractivity contribution in [2.24, 2.45) is 4.52 Å². The Morgan fingerprint density at radius 2 is 2.38 bits per heavy atom. The number of carbonyl (C=O) groups excluding carboxylic acids is 2. The molecule has 1 rings (SSSR count). The van der Waals surface area contributed by atoms with Crippen LogP contribution >= 0.6 is 11.9 Å². The van der Waals surface area contributed by atoms with E-state index in [1.165, 1.54) is 4.90 Å². The molecule has 3 amide bonds. The molecule has 0 saturated carbocycles. The van der Waals surface area contributed by atoms with Crippen LogP contribution in [0.25, 0.3) is 10.4 Å². The van der Waals surface area contributed by atoms with Crippen molar-refractivity contribution in [3.63, 3.8) is 0 Å². The summed E-state index contributed by atoms with van der Waals surface area (Å²) in [7, 11) is 1.61. The van der Waals surface area contributed by atoms with Crippen molar-refractivity contribution in [3.05, 3.63) is 10.4 Å². The molecule has 0 aliphatic carbocycles. The van der Waals surface area contributed by atoms with Gasteiger partial charge in [0.2, 0.25) is 0 Å². The first-order valence-electron chi connectivity index (χ1n) is 3.45. The van der Waals surface area contributed by atoms with Crippen LogP contribution in [-0.2, 0) is 0 Å². The van der Waals surface area contributed by atoms with Crippen molar-refractivity contribution >= 4 is 23.2 Å². The predicted molar refractivity (Wildman–Crippen MR) is 46.9 cm³/mol. The fraction of sp³-hybridized carbons (Fsp3) is 0.600. The number of hydrogen-bond acceptors (Lipinski definition) is 4. The summed E-state index contributed by atoms with van der Waals surface area (Å²) in [6.45, 7) is 0.865. The third kappa shape index (κ3) is 2.04. The molecule has 0 aromatic rings. The van der Waals surface area contributed by atoms with Gasteiger partial charge in [0.25, 0.3) is 5.24 Å². The maximum atomic E-state index is 11.2. The van der Waals surface area contributed by atoms with Crippen LogP contribution in [0.2, 0.25) is 0 Å². The van der Waals surface area contributed by atoms with Crippen molar-refractivity contribution in [1.29, 1.82) is 0 Å². The summed E-state index contributed by atoms with van der Waals surface area (Å²) in [5.74, 6) is 0. The number of carbonyl (C=O) groups is 2. The van der Waals surface area contributed by atoms with Gasteiger partial charge in [-0.1, -0.05) is 0 Å². The summed E-state index contributed by atoms with van der Waals surface area (Å²) in [6, 6.07) is -0.356. The lowest BCUT2D eigenvalue weighted by Crippen LogP contribution is -2.31. The Morgan fingerprint density at radius 3 is 2.85 bits per heavy atom. The van der Waals surface area contributed by atoms with Gasteiger partial charge in [-0.2, -0.15) is 0 Å². The Hall–Kier alpha value is -1.40. The summed E-state index contributed by atoms with van der Waals surface area (Å²) in [5.41, 5.74) is 7.95. The minimum absolute atomic E-state index is 0.349. The van der Waals surface area contributed by atoms with Crippen LogP contribution in [0, 0.1) is 0 Å². The number of rotatable bonds is 1. The molecule has 1 aliphatic heterocycles. The molecule has 1 aliphatic rings. The second-order valence-corrected chi connectivity index (χ2v) is 3.08. The highest BCUT2D eigenvalue weighted by Crippen LogP contribution is 2.15. The van der Waals surface area contributed by atoms with Crippen LogP contribution in [0.5, 0.6) is 0 Å². The zero-order valence-electron chi connectivity index (χ0n) is 6.88. The highest BCUT2D eigenvalue weighted by atomic mass is 32.2. The van der Waals surface area contributed by atoms with E-state index >= 15 is 0 Å². The normalized spacial score (nSPS) is 15.9. The quantitative estimate of drug-likeness (QED) is 0.278.